The van der Waals surface area contributed by atoms with E-state index >= 15 is 0 Å². The molecule has 0 aliphatic heterocycles. The summed E-state index contributed by atoms with van der Waals surface area (Å²) >= 11 is 0. The lowest BCUT2D eigenvalue weighted by Crippen LogP contribution is -2.30. The van der Waals surface area contributed by atoms with Gasteiger partial charge in [0.1, 0.15) is 11.3 Å². The maximum absolute atomic E-state index is 12.2. The number of para-hydroxylation sites is 1. The third kappa shape index (κ3) is 1.89. The zero-order valence-electron chi connectivity index (χ0n) is 10.1. The summed E-state index contributed by atoms with van der Waals surface area (Å²) in [6, 6.07) is 5.34. The van der Waals surface area contributed by atoms with Gasteiger partial charge >= 0.3 is 0 Å². The van der Waals surface area contributed by atoms with Crippen molar-refractivity contribution in [3.63, 3.8) is 0 Å². The molecule has 0 aliphatic carbocycles. The standard InChI is InChI=1S/C12H15N3O2/c1-8(13-2)15-7-14-11-9(12(15)16)5-4-6-10(11)17-3/h4-8,13H,1-3H3. The highest BCUT2D eigenvalue weighted by Gasteiger charge is 2.10. The van der Waals surface area contributed by atoms with Crippen molar-refractivity contribution in [1.82, 2.24) is 14.9 Å². The van der Waals surface area contributed by atoms with Gasteiger partial charge in [-0.15, -0.1) is 0 Å². The maximum atomic E-state index is 12.2. The highest BCUT2D eigenvalue weighted by atomic mass is 16.5. The lowest BCUT2D eigenvalue weighted by Gasteiger charge is -2.14. The molecule has 5 heteroatoms. The van der Waals surface area contributed by atoms with E-state index in [4.69, 9.17) is 4.74 Å². The number of hydrogen-bond acceptors (Lipinski definition) is 4. The molecule has 1 atom stereocenters. The molecule has 5 nitrogen and oxygen atoms in total. The molecule has 0 spiro atoms. The fourth-order valence-electron chi connectivity index (χ4n) is 1.72. The van der Waals surface area contributed by atoms with Gasteiger partial charge in [0.25, 0.3) is 5.56 Å². The van der Waals surface area contributed by atoms with Crippen LogP contribution in [0.1, 0.15) is 13.1 Å². The van der Waals surface area contributed by atoms with Gasteiger partial charge in [0, 0.05) is 0 Å². The molecule has 1 aromatic heterocycles. The van der Waals surface area contributed by atoms with Gasteiger partial charge in [0.2, 0.25) is 0 Å². The van der Waals surface area contributed by atoms with Crippen molar-refractivity contribution in [2.24, 2.45) is 0 Å². The van der Waals surface area contributed by atoms with Crippen molar-refractivity contribution >= 4 is 10.9 Å². The Morgan fingerprint density at radius 1 is 1.47 bits per heavy atom. The predicted octanol–water partition coefficient (Wildman–Crippen LogP) is 1.14. The van der Waals surface area contributed by atoms with Crippen molar-refractivity contribution in [3.05, 3.63) is 34.9 Å². The van der Waals surface area contributed by atoms with Crippen molar-refractivity contribution in [3.8, 4) is 5.75 Å². The second-order valence-electron chi connectivity index (χ2n) is 3.78. The van der Waals surface area contributed by atoms with Gasteiger partial charge in [0.15, 0.2) is 0 Å². The molecule has 0 aliphatic rings. The smallest absolute Gasteiger partial charge is 0.262 e. The second kappa shape index (κ2) is 4.55. The van der Waals surface area contributed by atoms with E-state index in [0.717, 1.165) is 0 Å². The summed E-state index contributed by atoms with van der Waals surface area (Å²) in [5, 5.41) is 3.57. The van der Waals surface area contributed by atoms with Gasteiger partial charge in [-0.1, -0.05) is 6.07 Å². The van der Waals surface area contributed by atoms with Crippen LogP contribution in [-0.2, 0) is 0 Å². The normalized spacial score (nSPS) is 12.6. The van der Waals surface area contributed by atoms with Crippen LogP contribution in [-0.4, -0.2) is 23.7 Å². The molecule has 90 valence electrons. The number of nitrogens with one attached hydrogen (secondary N) is 1. The Balaban J connectivity index is 2.73. The quantitative estimate of drug-likeness (QED) is 0.863. The first-order valence-corrected chi connectivity index (χ1v) is 5.40. The number of ether oxygens (including phenoxy) is 1. The van der Waals surface area contributed by atoms with E-state index in [1.807, 2.05) is 6.92 Å². The van der Waals surface area contributed by atoms with Gasteiger partial charge in [-0.05, 0) is 26.1 Å². The Bertz CT molecular complexity index is 592. The summed E-state index contributed by atoms with van der Waals surface area (Å²) in [6.45, 7) is 1.90. The van der Waals surface area contributed by atoms with Crippen LogP contribution in [0.5, 0.6) is 5.75 Å². The number of aromatic nitrogens is 2. The number of fused-ring (bicyclic) bond motifs is 1. The van der Waals surface area contributed by atoms with Gasteiger partial charge in [-0.2, -0.15) is 0 Å². The molecule has 0 radical (unpaired) electrons. The number of nitrogens with zero attached hydrogens (tertiary/aromatic N) is 2. The molecular formula is C12H15N3O2. The minimum absolute atomic E-state index is 0.0734. The summed E-state index contributed by atoms with van der Waals surface area (Å²) in [7, 11) is 3.37. The van der Waals surface area contributed by atoms with Gasteiger partial charge in [0.05, 0.1) is 25.0 Å². The van der Waals surface area contributed by atoms with E-state index in [-0.39, 0.29) is 11.7 Å². The van der Waals surface area contributed by atoms with E-state index < -0.39 is 0 Å². The lowest BCUT2D eigenvalue weighted by molar-refractivity contribution is 0.418. The molecule has 17 heavy (non-hydrogen) atoms. The largest absolute Gasteiger partial charge is 0.494 e. The summed E-state index contributed by atoms with van der Waals surface area (Å²) in [4.78, 5) is 16.5. The maximum Gasteiger partial charge on any atom is 0.262 e. The monoisotopic (exact) mass is 233 g/mol. The number of hydrogen-bond donors (Lipinski definition) is 1. The molecule has 1 unspecified atom stereocenters. The Kier molecular flexibility index (Phi) is 3.10. The van der Waals surface area contributed by atoms with Gasteiger partial charge in [-0.3, -0.25) is 9.36 Å². The molecule has 0 saturated carbocycles. The first-order chi connectivity index (χ1) is 8.19. The summed E-state index contributed by atoms with van der Waals surface area (Å²) in [6.07, 6.45) is 1.44. The Morgan fingerprint density at radius 3 is 2.88 bits per heavy atom. The molecule has 1 N–H and O–H groups in total. The number of benzene rings is 1. The van der Waals surface area contributed by atoms with Crippen molar-refractivity contribution < 1.29 is 4.74 Å². The van der Waals surface area contributed by atoms with E-state index in [0.29, 0.717) is 16.7 Å². The zero-order chi connectivity index (χ0) is 12.4. The van der Waals surface area contributed by atoms with E-state index in [9.17, 15) is 4.79 Å². The highest BCUT2D eigenvalue weighted by molar-refractivity contribution is 5.83. The van der Waals surface area contributed by atoms with Crippen LogP contribution in [0, 0.1) is 0 Å². The van der Waals surface area contributed by atoms with Crippen LogP contribution < -0.4 is 15.6 Å². The Labute approximate surface area is 99.0 Å². The first-order valence-electron chi connectivity index (χ1n) is 5.40. The zero-order valence-corrected chi connectivity index (χ0v) is 10.1. The fourth-order valence-corrected chi connectivity index (χ4v) is 1.72. The molecule has 2 rings (SSSR count). The molecule has 1 heterocycles. The summed E-state index contributed by atoms with van der Waals surface area (Å²) in [5.74, 6) is 0.615. The third-order valence-electron chi connectivity index (χ3n) is 2.83. The van der Waals surface area contributed by atoms with E-state index in [1.165, 1.54) is 6.33 Å². The Morgan fingerprint density at radius 2 is 2.24 bits per heavy atom. The number of rotatable bonds is 3. The van der Waals surface area contributed by atoms with Crippen LogP contribution >= 0.6 is 0 Å². The SMILES string of the molecule is CNC(C)n1cnc2c(OC)cccc2c1=O. The molecule has 2 aromatic rings. The molecule has 0 fully saturated rings. The van der Waals surface area contributed by atoms with Crippen LogP contribution in [0.3, 0.4) is 0 Å². The van der Waals surface area contributed by atoms with E-state index in [2.05, 4.69) is 10.3 Å². The molecule has 1 aromatic carbocycles. The molecular weight excluding hydrogens is 218 g/mol. The van der Waals surface area contributed by atoms with Crippen LogP contribution in [0.25, 0.3) is 10.9 Å². The average Bonchev–Trinajstić information content (AvgIpc) is 2.38. The number of methoxy groups -OCH3 is 1. The minimum Gasteiger partial charge on any atom is -0.494 e. The summed E-state index contributed by atoms with van der Waals surface area (Å²) < 4.78 is 6.74. The Hall–Kier alpha value is -1.88. The topological polar surface area (TPSA) is 56.1 Å². The predicted molar refractivity (Wildman–Crippen MR) is 66.3 cm³/mol. The average molecular weight is 233 g/mol. The second-order valence-corrected chi connectivity index (χ2v) is 3.78. The fraction of sp³-hybridized carbons (Fsp3) is 0.333. The lowest BCUT2D eigenvalue weighted by atomic mass is 10.2. The first kappa shape index (κ1) is 11.6. The van der Waals surface area contributed by atoms with Crippen LogP contribution in [0.4, 0.5) is 0 Å². The highest BCUT2D eigenvalue weighted by Crippen LogP contribution is 2.20. The third-order valence-corrected chi connectivity index (χ3v) is 2.83. The molecule has 0 saturated heterocycles. The van der Waals surface area contributed by atoms with Crippen molar-refractivity contribution in [2.75, 3.05) is 14.2 Å². The van der Waals surface area contributed by atoms with Crippen molar-refractivity contribution in [1.29, 1.82) is 0 Å². The van der Waals surface area contributed by atoms with Gasteiger partial charge in [-0.25, -0.2) is 4.98 Å². The van der Waals surface area contributed by atoms with Crippen LogP contribution in [0.2, 0.25) is 0 Å². The molecule has 0 amide bonds. The summed E-state index contributed by atoms with van der Waals surface area (Å²) in [5.41, 5.74) is 0.523. The van der Waals surface area contributed by atoms with Crippen LogP contribution in [0.15, 0.2) is 29.3 Å². The minimum atomic E-state index is -0.0920. The molecule has 0 bridgehead atoms. The van der Waals surface area contributed by atoms with Crippen molar-refractivity contribution in [2.45, 2.75) is 13.1 Å². The van der Waals surface area contributed by atoms with Gasteiger partial charge < -0.3 is 10.1 Å². The van der Waals surface area contributed by atoms with E-state index in [1.54, 1.807) is 36.9 Å².